The number of nitrogens with one attached hydrogen (secondary N) is 1. The van der Waals surface area contributed by atoms with Crippen LogP contribution in [0.5, 0.6) is 0 Å². The molecule has 7 heteroatoms. The van der Waals surface area contributed by atoms with E-state index in [0.717, 1.165) is 17.3 Å². The van der Waals surface area contributed by atoms with Gasteiger partial charge in [0.05, 0.1) is 4.90 Å². The highest BCUT2D eigenvalue weighted by Crippen LogP contribution is 2.24. The molecule has 1 unspecified atom stereocenters. The van der Waals surface area contributed by atoms with Crippen molar-refractivity contribution in [3.63, 3.8) is 0 Å². The Morgan fingerprint density at radius 3 is 2.84 bits per heavy atom. The summed E-state index contributed by atoms with van der Waals surface area (Å²) in [5.74, 6) is 3.26. The summed E-state index contributed by atoms with van der Waals surface area (Å²) in [6.45, 7) is 2.24. The van der Waals surface area contributed by atoms with Gasteiger partial charge in [0, 0.05) is 34.1 Å². The molecule has 1 aromatic carbocycles. The predicted octanol–water partition coefficient (Wildman–Crippen LogP) is 2.78. The van der Waals surface area contributed by atoms with E-state index in [4.69, 9.17) is 11.6 Å². The zero-order valence-electron chi connectivity index (χ0n) is 10.6. The Morgan fingerprint density at radius 2 is 2.21 bits per heavy atom. The van der Waals surface area contributed by atoms with Crippen LogP contribution in [0.2, 0.25) is 5.02 Å². The molecule has 1 N–H and O–H groups in total. The van der Waals surface area contributed by atoms with E-state index in [1.165, 1.54) is 0 Å². The molecule has 19 heavy (non-hydrogen) atoms. The molecule has 0 aromatic heterocycles. The van der Waals surface area contributed by atoms with Gasteiger partial charge < -0.3 is 0 Å². The third-order valence-corrected chi connectivity index (χ3v) is 7.48. The second-order valence-corrected chi connectivity index (χ2v) is 9.06. The number of benzene rings is 1. The maximum absolute atomic E-state index is 12.2. The number of thioether (sulfide) groups is 2. The normalized spacial score (nSPS) is 20.4. The van der Waals surface area contributed by atoms with Crippen LogP contribution in [0.1, 0.15) is 5.56 Å². The first-order valence-electron chi connectivity index (χ1n) is 5.94. The van der Waals surface area contributed by atoms with Gasteiger partial charge in [-0.05, 0) is 30.7 Å². The maximum atomic E-state index is 12.2. The predicted molar refractivity (Wildman–Crippen MR) is 84.9 cm³/mol. The van der Waals surface area contributed by atoms with Crippen molar-refractivity contribution in [2.24, 2.45) is 0 Å². The third-order valence-electron chi connectivity index (χ3n) is 2.81. The minimum absolute atomic E-state index is 0.311. The number of hydrogen-bond acceptors (Lipinski definition) is 4. The Kier molecular flexibility index (Phi) is 5.48. The molecule has 1 aliphatic rings. The summed E-state index contributed by atoms with van der Waals surface area (Å²) >= 11 is 9.56. The average molecular weight is 338 g/mol. The smallest absolute Gasteiger partial charge is 0.210 e. The van der Waals surface area contributed by atoms with Crippen LogP contribution in [-0.2, 0) is 10.0 Å². The second kappa shape index (κ2) is 6.72. The van der Waals surface area contributed by atoms with Crippen LogP contribution in [0.25, 0.3) is 0 Å². The molecule has 0 spiro atoms. The van der Waals surface area contributed by atoms with Crippen molar-refractivity contribution in [1.82, 2.24) is 4.72 Å². The van der Waals surface area contributed by atoms with Gasteiger partial charge in [-0.1, -0.05) is 11.6 Å². The highest BCUT2D eigenvalue weighted by atomic mass is 35.5. The Labute approximate surface area is 127 Å². The standard InChI is InChI=1S/C12H16ClNO2S3/c1-9-6-10(13)2-3-12(9)19(15,16)14-7-11-8-17-4-5-18-11/h2-3,6,11,14H,4-5,7-8H2,1H3. The summed E-state index contributed by atoms with van der Waals surface area (Å²) in [7, 11) is -3.44. The molecule has 3 nitrogen and oxygen atoms in total. The SMILES string of the molecule is Cc1cc(Cl)ccc1S(=O)(=O)NCC1CSCCS1. The summed E-state index contributed by atoms with van der Waals surface area (Å²) in [5.41, 5.74) is 0.672. The monoisotopic (exact) mass is 337 g/mol. The van der Waals surface area contributed by atoms with E-state index in [2.05, 4.69) is 4.72 Å². The van der Waals surface area contributed by atoms with Gasteiger partial charge in [0.25, 0.3) is 0 Å². The molecule has 0 saturated carbocycles. The first-order valence-corrected chi connectivity index (χ1v) is 10.0. The molecule has 1 fully saturated rings. The number of halogens is 1. The van der Waals surface area contributed by atoms with Gasteiger partial charge in [-0.2, -0.15) is 23.5 Å². The molecule has 0 aliphatic carbocycles. The van der Waals surface area contributed by atoms with Crippen LogP contribution < -0.4 is 4.72 Å². The van der Waals surface area contributed by atoms with E-state index < -0.39 is 10.0 Å². The van der Waals surface area contributed by atoms with Crippen LogP contribution in [0.15, 0.2) is 23.1 Å². The number of rotatable bonds is 4. The van der Waals surface area contributed by atoms with Crippen LogP contribution in [0, 0.1) is 6.92 Å². The highest BCUT2D eigenvalue weighted by molar-refractivity contribution is 8.06. The van der Waals surface area contributed by atoms with Crippen LogP contribution in [0.3, 0.4) is 0 Å². The summed E-state index contributed by atoms with van der Waals surface area (Å²) in [5, 5.41) is 0.914. The van der Waals surface area contributed by atoms with E-state index in [1.54, 1.807) is 25.1 Å². The molecule has 1 aliphatic heterocycles. The number of aryl methyl sites for hydroxylation is 1. The lowest BCUT2D eigenvalue weighted by molar-refractivity contribution is 0.581. The summed E-state index contributed by atoms with van der Waals surface area (Å²) in [4.78, 5) is 0.311. The molecular weight excluding hydrogens is 322 g/mol. The van der Waals surface area contributed by atoms with Crippen molar-refractivity contribution in [1.29, 1.82) is 0 Å². The molecule has 0 bridgehead atoms. The van der Waals surface area contributed by atoms with Crippen molar-refractivity contribution in [3.8, 4) is 0 Å². The molecular formula is C12H16ClNO2S3. The van der Waals surface area contributed by atoms with Gasteiger partial charge in [-0.25, -0.2) is 13.1 Å². The fraction of sp³-hybridized carbons (Fsp3) is 0.500. The molecule has 1 saturated heterocycles. The van der Waals surface area contributed by atoms with Gasteiger partial charge in [0.1, 0.15) is 0 Å². The molecule has 1 aromatic rings. The average Bonchev–Trinajstić information content (AvgIpc) is 2.37. The van der Waals surface area contributed by atoms with Gasteiger partial charge >= 0.3 is 0 Å². The lowest BCUT2D eigenvalue weighted by atomic mass is 10.2. The zero-order valence-corrected chi connectivity index (χ0v) is 13.8. The molecule has 0 radical (unpaired) electrons. The summed E-state index contributed by atoms with van der Waals surface area (Å²) < 4.78 is 27.2. The van der Waals surface area contributed by atoms with Gasteiger partial charge in [-0.3, -0.25) is 0 Å². The number of sulfonamides is 1. The largest absolute Gasteiger partial charge is 0.240 e. The van der Waals surface area contributed by atoms with E-state index in [9.17, 15) is 8.42 Å². The van der Waals surface area contributed by atoms with Crippen LogP contribution in [-0.4, -0.2) is 37.5 Å². The Balaban J connectivity index is 2.05. The minimum Gasteiger partial charge on any atom is -0.210 e. The van der Waals surface area contributed by atoms with E-state index in [0.29, 0.717) is 27.3 Å². The molecule has 1 heterocycles. The van der Waals surface area contributed by atoms with E-state index in [1.807, 2.05) is 23.5 Å². The van der Waals surface area contributed by atoms with Crippen LogP contribution >= 0.6 is 35.1 Å². The fourth-order valence-corrected chi connectivity index (χ4v) is 6.10. The third kappa shape index (κ3) is 4.29. The molecule has 2 rings (SSSR count). The lowest BCUT2D eigenvalue weighted by Gasteiger charge is -2.21. The van der Waals surface area contributed by atoms with Crippen molar-refractivity contribution >= 4 is 45.1 Å². The first kappa shape index (κ1) is 15.5. The Bertz CT molecular complexity index is 542. The lowest BCUT2D eigenvalue weighted by Crippen LogP contribution is -2.33. The van der Waals surface area contributed by atoms with E-state index in [-0.39, 0.29) is 0 Å². The first-order chi connectivity index (χ1) is 8.99. The van der Waals surface area contributed by atoms with Crippen molar-refractivity contribution in [2.45, 2.75) is 17.1 Å². The quantitative estimate of drug-likeness (QED) is 0.917. The molecule has 0 amide bonds. The van der Waals surface area contributed by atoms with E-state index >= 15 is 0 Å². The highest BCUT2D eigenvalue weighted by Gasteiger charge is 2.20. The fourth-order valence-electron chi connectivity index (χ4n) is 1.85. The second-order valence-electron chi connectivity index (χ2n) is 4.33. The minimum atomic E-state index is -3.44. The summed E-state index contributed by atoms with van der Waals surface area (Å²) in [6, 6.07) is 4.83. The molecule has 106 valence electrons. The van der Waals surface area contributed by atoms with Crippen molar-refractivity contribution < 1.29 is 8.42 Å². The Morgan fingerprint density at radius 1 is 1.42 bits per heavy atom. The van der Waals surface area contributed by atoms with Gasteiger partial charge in [0.15, 0.2) is 0 Å². The molecule has 1 atom stereocenters. The summed E-state index contributed by atoms with van der Waals surface area (Å²) in [6.07, 6.45) is 0. The van der Waals surface area contributed by atoms with Gasteiger partial charge in [-0.15, -0.1) is 0 Å². The Hall–Kier alpha value is 0.120. The topological polar surface area (TPSA) is 46.2 Å². The van der Waals surface area contributed by atoms with Crippen molar-refractivity contribution in [3.05, 3.63) is 28.8 Å². The zero-order chi connectivity index (χ0) is 13.9. The van der Waals surface area contributed by atoms with Crippen LogP contribution in [0.4, 0.5) is 0 Å². The number of hydrogen-bond donors (Lipinski definition) is 1. The van der Waals surface area contributed by atoms with Gasteiger partial charge in [0.2, 0.25) is 10.0 Å². The van der Waals surface area contributed by atoms with Crippen molar-refractivity contribution in [2.75, 3.05) is 23.8 Å². The maximum Gasteiger partial charge on any atom is 0.240 e.